The van der Waals surface area contributed by atoms with Crippen LogP contribution in [0.2, 0.25) is 0 Å². The van der Waals surface area contributed by atoms with E-state index in [2.05, 4.69) is 6.92 Å². The Balaban J connectivity index is 3.69. The molecule has 0 spiro atoms. The van der Waals surface area contributed by atoms with Gasteiger partial charge >= 0.3 is 5.97 Å². The molecule has 1 unspecified atom stereocenters. The Bertz CT molecular complexity index is 540. The number of nitrogens with zero attached hydrogens (tertiary/aromatic N) is 1. The van der Waals surface area contributed by atoms with Crippen LogP contribution in [0.1, 0.15) is 103 Å². The zero-order valence-corrected chi connectivity index (χ0v) is 23.2. The maximum atomic E-state index is 11.9. The van der Waals surface area contributed by atoms with Crippen LogP contribution in [0.3, 0.4) is 0 Å². The molecule has 0 saturated heterocycles. The largest absolute Gasteiger partial charge is 0.756 e. The van der Waals surface area contributed by atoms with Crippen molar-refractivity contribution in [3.63, 3.8) is 0 Å². The van der Waals surface area contributed by atoms with Crippen LogP contribution in [-0.2, 0) is 23.1 Å². The van der Waals surface area contributed by atoms with Gasteiger partial charge < -0.3 is 28.3 Å². The molecular weight excluding hydrogens is 457 g/mol. The van der Waals surface area contributed by atoms with Crippen LogP contribution in [0.25, 0.3) is 0 Å². The highest BCUT2D eigenvalue weighted by Crippen LogP contribution is 2.39. The Morgan fingerprint density at radius 3 is 1.79 bits per heavy atom. The molecule has 0 rings (SSSR count). The molecule has 0 aromatic heterocycles. The number of hydrogen-bond donors (Lipinski definition) is 1. The van der Waals surface area contributed by atoms with Gasteiger partial charge in [0.25, 0.3) is 7.82 Å². The SMILES string of the molecule is CCCCCCCCCCCCCCCCC(=O)OC[C@H](CO)OP(=O)([O-])OCC[N+](C)(C)C. The van der Waals surface area contributed by atoms with Gasteiger partial charge in [0.1, 0.15) is 25.9 Å². The van der Waals surface area contributed by atoms with E-state index in [1.807, 2.05) is 21.1 Å². The molecule has 9 heteroatoms. The third kappa shape index (κ3) is 23.3. The van der Waals surface area contributed by atoms with Crippen molar-refractivity contribution in [3.8, 4) is 0 Å². The van der Waals surface area contributed by atoms with Crippen molar-refractivity contribution in [2.24, 2.45) is 0 Å². The molecule has 0 radical (unpaired) electrons. The lowest BCUT2D eigenvalue weighted by Gasteiger charge is -2.29. The zero-order chi connectivity index (χ0) is 25.7. The molecule has 204 valence electrons. The van der Waals surface area contributed by atoms with Gasteiger partial charge in [-0.2, -0.15) is 0 Å². The van der Waals surface area contributed by atoms with E-state index >= 15 is 0 Å². The molecule has 0 aromatic carbocycles. The first-order valence-corrected chi connectivity index (χ1v) is 14.8. The predicted octanol–water partition coefficient (Wildman–Crippen LogP) is 4.97. The number of hydrogen-bond acceptors (Lipinski definition) is 7. The van der Waals surface area contributed by atoms with Gasteiger partial charge in [0.05, 0.1) is 27.7 Å². The van der Waals surface area contributed by atoms with Crippen molar-refractivity contribution in [2.45, 2.75) is 109 Å². The van der Waals surface area contributed by atoms with E-state index in [4.69, 9.17) is 13.8 Å². The standard InChI is InChI=1S/C25H52NO7P/c1-5-6-7-8-9-10-11-12-13-14-15-16-17-18-19-25(28)31-23-24(22-27)33-34(29,30)32-21-20-26(2,3)4/h24,27H,5-23H2,1-4H3/t24-/m0/s1. The fourth-order valence-corrected chi connectivity index (χ4v) is 4.34. The van der Waals surface area contributed by atoms with E-state index < -0.39 is 26.5 Å². The lowest BCUT2D eigenvalue weighted by atomic mass is 10.0. The summed E-state index contributed by atoms with van der Waals surface area (Å²) in [6.45, 7) is 1.80. The molecule has 0 heterocycles. The van der Waals surface area contributed by atoms with Gasteiger partial charge in [-0.3, -0.25) is 9.36 Å². The molecule has 0 aliphatic rings. The Hall–Kier alpha value is -0.500. The number of aliphatic hydroxyl groups excluding tert-OH is 1. The maximum absolute atomic E-state index is 11.9. The normalized spacial score (nSPS) is 14.6. The van der Waals surface area contributed by atoms with Crippen molar-refractivity contribution in [1.82, 2.24) is 0 Å². The molecule has 2 atom stereocenters. The number of carbonyl (C=O) groups excluding carboxylic acids is 1. The number of unbranched alkanes of at least 4 members (excludes halogenated alkanes) is 13. The number of phosphoric ester groups is 1. The quantitative estimate of drug-likeness (QED) is 0.0847. The number of carbonyl (C=O) groups is 1. The van der Waals surface area contributed by atoms with Crippen molar-refractivity contribution in [3.05, 3.63) is 0 Å². The third-order valence-corrected chi connectivity index (χ3v) is 6.71. The smallest absolute Gasteiger partial charge is 0.305 e. The van der Waals surface area contributed by atoms with Crippen LogP contribution in [0.15, 0.2) is 0 Å². The first-order valence-electron chi connectivity index (χ1n) is 13.3. The van der Waals surface area contributed by atoms with Gasteiger partial charge in [-0.15, -0.1) is 0 Å². The summed E-state index contributed by atoms with van der Waals surface area (Å²) in [5, 5.41) is 9.33. The molecule has 34 heavy (non-hydrogen) atoms. The van der Waals surface area contributed by atoms with Crippen LogP contribution < -0.4 is 4.89 Å². The molecule has 8 nitrogen and oxygen atoms in total. The minimum Gasteiger partial charge on any atom is -0.756 e. The summed E-state index contributed by atoms with van der Waals surface area (Å²) in [4.78, 5) is 23.8. The molecule has 0 fully saturated rings. The molecule has 0 aliphatic carbocycles. The number of rotatable bonds is 24. The van der Waals surface area contributed by atoms with Gasteiger partial charge in [-0.1, -0.05) is 90.4 Å². The Morgan fingerprint density at radius 2 is 1.35 bits per heavy atom. The van der Waals surface area contributed by atoms with E-state index in [1.54, 1.807) is 0 Å². The first kappa shape index (κ1) is 33.5. The summed E-state index contributed by atoms with van der Waals surface area (Å²) in [6.07, 6.45) is 16.5. The Labute approximate surface area is 208 Å². The fraction of sp³-hybridized carbons (Fsp3) is 0.960. The molecule has 0 amide bonds. The molecule has 0 saturated carbocycles. The van der Waals surface area contributed by atoms with E-state index in [1.165, 1.54) is 70.6 Å². The summed E-state index contributed by atoms with van der Waals surface area (Å²) < 4.78 is 27.1. The highest BCUT2D eigenvalue weighted by Gasteiger charge is 2.20. The van der Waals surface area contributed by atoms with Crippen LogP contribution in [0.5, 0.6) is 0 Å². The minimum atomic E-state index is -4.57. The van der Waals surface area contributed by atoms with Crippen molar-refractivity contribution in [1.29, 1.82) is 0 Å². The van der Waals surface area contributed by atoms with Crippen LogP contribution >= 0.6 is 7.82 Å². The van der Waals surface area contributed by atoms with Gasteiger partial charge in [-0.25, -0.2) is 0 Å². The number of likely N-dealkylation sites (N-methyl/N-ethyl adjacent to an activating group) is 1. The van der Waals surface area contributed by atoms with Gasteiger partial charge in [0.15, 0.2) is 0 Å². The van der Waals surface area contributed by atoms with Gasteiger partial charge in [0.2, 0.25) is 0 Å². The second-order valence-corrected chi connectivity index (χ2v) is 11.6. The average molecular weight is 510 g/mol. The minimum absolute atomic E-state index is 0.0264. The average Bonchev–Trinajstić information content (AvgIpc) is 2.75. The Kier molecular flexibility index (Phi) is 20.4. The highest BCUT2D eigenvalue weighted by atomic mass is 31.2. The summed E-state index contributed by atoms with van der Waals surface area (Å²) in [6, 6.07) is 0. The van der Waals surface area contributed by atoms with Crippen molar-refractivity contribution < 1.29 is 37.6 Å². The van der Waals surface area contributed by atoms with Crippen LogP contribution in [0, 0.1) is 0 Å². The van der Waals surface area contributed by atoms with Crippen LogP contribution in [-0.4, -0.2) is 69.2 Å². The molecule has 1 N–H and O–H groups in total. The Morgan fingerprint density at radius 1 is 0.882 bits per heavy atom. The number of phosphoric acid groups is 1. The van der Waals surface area contributed by atoms with Gasteiger partial charge in [0, 0.05) is 6.42 Å². The lowest BCUT2D eigenvalue weighted by Crippen LogP contribution is -2.38. The molecular formula is C25H52NO7P. The highest BCUT2D eigenvalue weighted by molar-refractivity contribution is 7.45. The van der Waals surface area contributed by atoms with E-state index in [0.29, 0.717) is 11.0 Å². The second-order valence-electron chi connectivity index (χ2n) is 10.2. The molecule has 0 aromatic rings. The maximum Gasteiger partial charge on any atom is 0.305 e. The van der Waals surface area contributed by atoms with Crippen molar-refractivity contribution >= 4 is 13.8 Å². The second kappa shape index (κ2) is 20.7. The van der Waals surface area contributed by atoms with Crippen molar-refractivity contribution in [2.75, 3.05) is 47.5 Å². The fourth-order valence-electron chi connectivity index (χ4n) is 3.48. The topological polar surface area (TPSA) is 105 Å². The first-order chi connectivity index (χ1) is 16.1. The monoisotopic (exact) mass is 509 g/mol. The predicted molar refractivity (Wildman–Crippen MR) is 134 cm³/mol. The van der Waals surface area contributed by atoms with E-state index in [0.717, 1.165) is 19.3 Å². The summed E-state index contributed by atoms with van der Waals surface area (Å²) in [7, 11) is 1.16. The summed E-state index contributed by atoms with van der Waals surface area (Å²) in [5.74, 6) is -0.410. The van der Waals surface area contributed by atoms with E-state index in [9.17, 15) is 19.4 Å². The number of quaternary nitrogens is 1. The molecule has 0 aliphatic heterocycles. The number of ether oxygens (including phenoxy) is 1. The zero-order valence-electron chi connectivity index (χ0n) is 22.3. The van der Waals surface area contributed by atoms with E-state index in [-0.39, 0.29) is 19.6 Å². The van der Waals surface area contributed by atoms with Crippen LogP contribution in [0.4, 0.5) is 0 Å². The number of aliphatic hydroxyl groups is 1. The van der Waals surface area contributed by atoms with Gasteiger partial charge in [-0.05, 0) is 6.42 Å². The molecule has 0 bridgehead atoms. The lowest BCUT2D eigenvalue weighted by molar-refractivity contribution is -0.870. The summed E-state index contributed by atoms with van der Waals surface area (Å²) >= 11 is 0. The number of esters is 1. The summed E-state index contributed by atoms with van der Waals surface area (Å²) in [5.41, 5.74) is 0. The third-order valence-electron chi connectivity index (χ3n) is 5.66.